The zero-order chi connectivity index (χ0) is 34.9. The van der Waals surface area contributed by atoms with Crippen molar-refractivity contribution in [1.82, 2.24) is 9.80 Å². The van der Waals surface area contributed by atoms with Gasteiger partial charge in [-0.1, -0.05) is 36.8 Å². The number of hydrogen-bond donors (Lipinski definition) is 1. The van der Waals surface area contributed by atoms with Crippen LogP contribution in [0.4, 0.5) is 26.7 Å². The van der Waals surface area contributed by atoms with Crippen molar-refractivity contribution in [3.05, 3.63) is 58.2 Å². The first kappa shape index (κ1) is 35.1. The van der Waals surface area contributed by atoms with E-state index in [2.05, 4.69) is 4.90 Å². The lowest BCUT2D eigenvalue weighted by atomic mass is 9.50. The van der Waals surface area contributed by atoms with Crippen molar-refractivity contribution in [3.8, 4) is 0 Å². The van der Waals surface area contributed by atoms with Crippen LogP contribution in [-0.4, -0.2) is 76.3 Å². The van der Waals surface area contributed by atoms with E-state index in [1.807, 2.05) is 45.0 Å². The maximum Gasteiger partial charge on any atom is 0.456 e. The van der Waals surface area contributed by atoms with Crippen LogP contribution in [0.3, 0.4) is 0 Å². The van der Waals surface area contributed by atoms with E-state index in [1.165, 1.54) is 6.92 Å². The van der Waals surface area contributed by atoms with Gasteiger partial charge in [0.1, 0.15) is 11.2 Å². The topological polar surface area (TPSA) is 70.1 Å². The Morgan fingerprint density at radius 2 is 1.69 bits per heavy atom. The molecule has 1 unspecified atom stereocenters. The van der Waals surface area contributed by atoms with Gasteiger partial charge in [-0.15, -0.1) is 0 Å². The highest BCUT2D eigenvalue weighted by Crippen LogP contribution is 2.70. The fraction of sp³-hybridized carbons (Fsp3) is 0.676. The molecule has 0 spiro atoms. The number of halogens is 5. The van der Waals surface area contributed by atoms with Crippen LogP contribution in [0.2, 0.25) is 0 Å². The van der Waals surface area contributed by atoms with Crippen LogP contribution < -0.4 is 0 Å². The molecular formula is C37H47F5N2O4. The van der Waals surface area contributed by atoms with Crippen LogP contribution >= 0.6 is 0 Å². The van der Waals surface area contributed by atoms with Gasteiger partial charge in [0.05, 0.1) is 0 Å². The number of nitrogens with zero attached hydrogens (tertiary/aromatic N) is 2. The lowest BCUT2D eigenvalue weighted by Gasteiger charge is -2.56. The van der Waals surface area contributed by atoms with Crippen molar-refractivity contribution in [2.75, 3.05) is 26.2 Å². The van der Waals surface area contributed by atoms with E-state index < -0.39 is 47.0 Å². The molecule has 4 aliphatic carbocycles. The monoisotopic (exact) mass is 678 g/mol. The van der Waals surface area contributed by atoms with E-state index in [4.69, 9.17) is 4.74 Å². The quantitative estimate of drug-likeness (QED) is 0.328. The summed E-state index contributed by atoms with van der Waals surface area (Å²) in [5.74, 6) is -6.46. The fourth-order valence-corrected chi connectivity index (χ4v) is 9.47. The van der Waals surface area contributed by atoms with Crippen molar-refractivity contribution < 1.29 is 41.4 Å². The Morgan fingerprint density at radius 3 is 2.35 bits per heavy atom. The van der Waals surface area contributed by atoms with E-state index in [0.29, 0.717) is 51.9 Å². The molecule has 1 aliphatic heterocycles. The predicted octanol–water partition coefficient (Wildman–Crippen LogP) is 7.96. The molecule has 1 aromatic rings. The minimum absolute atomic E-state index is 0.0393. The number of ketones is 1. The van der Waals surface area contributed by atoms with Crippen LogP contribution in [0, 0.1) is 17.3 Å². The molecule has 1 N–H and O–H groups in total. The summed E-state index contributed by atoms with van der Waals surface area (Å²) in [7, 11) is 0. The molecule has 5 atom stereocenters. The first-order chi connectivity index (χ1) is 22.3. The molecule has 2 saturated carbocycles. The summed E-state index contributed by atoms with van der Waals surface area (Å²) in [6.07, 6.45) is -2.28. The molecule has 3 fully saturated rings. The summed E-state index contributed by atoms with van der Waals surface area (Å²) in [6, 6.07) is 7.85. The van der Waals surface area contributed by atoms with Crippen LogP contribution in [0.15, 0.2) is 47.1 Å². The van der Waals surface area contributed by atoms with Crippen molar-refractivity contribution in [2.45, 2.75) is 115 Å². The minimum atomic E-state index is -5.88. The van der Waals surface area contributed by atoms with Gasteiger partial charge in [-0.3, -0.25) is 9.69 Å². The molecular weight excluding hydrogens is 631 g/mol. The van der Waals surface area contributed by atoms with E-state index in [9.17, 15) is 27.9 Å². The van der Waals surface area contributed by atoms with Gasteiger partial charge in [0.15, 0.2) is 5.78 Å². The Kier molecular flexibility index (Phi) is 8.92. The van der Waals surface area contributed by atoms with Crippen molar-refractivity contribution in [2.24, 2.45) is 17.3 Å². The summed E-state index contributed by atoms with van der Waals surface area (Å²) in [5, 5.41) is 11.5. The Bertz CT molecular complexity index is 1500. The lowest BCUT2D eigenvalue weighted by Crippen LogP contribution is -2.65. The highest BCUT2D eigenvalue weighted by atomic mass is 19.4. The molecule has 5 aliphatic rings. The van der Waals surface area contributed by atoms with Crippen LogP contribution in [0.1, 0.15) is 96.1 Å². The molecule has 0 aromatic heterocycles. The first-order valence-electron chi connectivity index (χ1n) is 17.3. The second-order valence-electron chi connectivity index (χ2n) is 15.8. The van der Waals surface area contributed by atoms with E-state index >= 15 is 8.78 Å². The number of alkyl halides is 5. The molecule has 264 valence electrons. The van der Waals surface area contributed by atoms with Gasteiger partial charge in [-0.2, -0.15) is 22.0 Å². The average molecular weight is 679 g/mol. The summed E-state index contributed by atoms with van der Waals surface area (Å²) >= 11 is 0. The zero-order valence-corrected chi connectivity index (χ0v) is 28.3. The average Bonchev–Trinajstić information content (AvgIpc) is 3.12. The Labute approximate surface area is 279 Å². The number of allylic oxidation sites excluding steroid dienone is 4. The van der Waals surface area contributed by atoms with Crippen molar-refractivity contribution >= 4 is 11.9 Å². The van der Waals surface area contributed by atoms with Gasteiger partial charge in [-0.25, -0.2) is 4.79 Å². The maximum atomic E-state index is 15.3. The molecule has 6 rings (SSSR count). The summed E-state index contributed by atoms with van der Waals surface area (Å²) in [4.78, 5) is 28.9. The number of fused-ring (bicyclic) bond motifs is 4. The molecule has 1 saturated heterocycles. The van der Waals surface area contributed by atoms with Crippen molar-refractivity contribution in [1.29, 1.82) is 0 Å². The molecule has 0 radical (unpaired) electrons. The van der Waals surface area contributed by atoms with Crippen LogP contribution in [-0.2, 0) is 16.1 Å². The number of hydrogen-bond acceptors (Lipinski definition) is 5. The van der Waals surface area contributed by atoms with Crippen LogP contribution in [0.5, 0.6) is 0 Å². The molecule has 1 aromatic carbocycles. The normalized spacial score (nSPS) is 31.9. The number of aliphatic hydroxyl groups is 1. The Morgan fingerprint density at radius 1 is 0.979 bits per heavy atom. The number of carbonyl (C=O) groups excluding carboxylic acids is 2. The third kappa shape index (κ3) is 6.01. The Hall–Kier alpha value is -2.79. The van der Waals surface area contributed by atoms with E-state index in [-0.39, 0.29) is 30.6 Å². The second-order valence-corrected chi connectivity index (χ2v) is 15.8. The lowest BCUT2D eigenvalue weighted by molar-refractivity contribution is -0.362. The van der Waals surface area contributed by atoms with E-state index in [0.717, 1.165) is 40.8 Å². The van der Waals surface area contributed by atoms with Gasteiger partial charge in [-0.05, 0) is 106 Å². The highest BCUT2D eigenvalue weighted by Gasteiger charge is 2.79. The largest absolute Gasteiger partial charge is 0.456 e. The first-order valence-corrected chi connectivity index (χ1v) is 17.3. The molecule has 6 nitrogen and oxygen atoms in total. The third-order valence-corrected chi connectivity index (χ3v) is 11.8. The van der Waals surface area contributed by atoms with Gasteiger partial charge in [0, 0.05) is 50.5 Å². The van der Waals surface area contributed by atoms with Gasteiger partial charge < -0.3 is 14.7 Å². The number of amides is 1. The SMILES string of the molecule is CC(C)(C)OC(=O)N1CCCN(Cc2ccc([C@H]3C[C@@]4(C)[C@@H](CCC4(O)C(F)(F)C(F)(F)F)[C@@H]4CCC5=CC(=O)CCC5=C43)cc2)CC1. The van der Waals surface area contributed by atoms with Crippen molar-refractivity contribution in [3.63, 3.8) is 0 Å². The maximum absolute atomic E-state index is 15.3. The van der Waals surface area contributed by atoms with Gasteiger partial charge in [0.25, 0.3) is 0 Å². The van der Waals surface area contributed by atoms with Gasteiger partial charge >= 0.3 is 18.2 Å². The number of ether oxygens (including phenoxy) is 1. The van der Waals surface area contributed by atoms with E-state index in [1.54, 1.807) is 11.0 Å². The summed E-state index contributed by atoms with van der Waals surface area (Å²) in [5.41, 5.74) is -0.565. The fourth-order valence-electron chi connectivity index (χ4n) is 9.47. The molecule has 1 heterocycles. The number of rotatable bonds is 4. The smallest absolute Gasteiger partial charge is 0.444 e. The predicted molar refractivity (Wildman–Crippen MR) is 170 cm³/mol. The highest BCUT2D eigenvalue weighted by molar-refractivity contribution is 5.93. The zero-order valence-electron chi connectivity index (χ0n) is 28.3. The second kappa shape index (κ2) is 12.2. The standard InChI is InChI=1S/C37H47F5N2O4/c1-33(2,3)48-32(46)44-17-5-16-43(18-19-44)22-23-6-8-24(9-7-23)29-21-34(4)30(14-15-35(34,47)36(38,39)37(40,41)42)28-12-10-25-20-26(45)11-13-27(25)31(28)29/h6-9,20,28-30,47H,5,10-19,21-22H2,1-4H3/t28-,29+,30-,34-,35?/m0/s1. The third-order valence-electron chi connectivity index (χ3n) is 11.8. The number of carbonyl (C=O) groups is 2. The molecule has 11 heteroatoms. The number of benzene rings is 1. The Balaban J connectivity index is 1.28. The van der Waals surface area contributed by atoms with Gasteiger partial charge in [0.2, 0.25) is 0 Å². The van der Waals surface area contributed by atoms with Crippen LogP contribution in [0.25, 0.3) is 0 Å². The summed E-state index contributed by atoms with van der Waals surface area (Å²) < 4.78 is 77.7. The molecule has 48 heavy (non-hydrogen) atoms. The summed E-state index contributed by atoms with van der Waals surface area (Å²) in [6.45, 7) is 10.2. The molecule has 1 amide bonds. The molecule has 0 bridgehead atoms. The minimum Gasteiger partial charge on any atom is -0.444 e.